The second-order valence-corrected chi connectivity index (χ2v) is 6.69. The third-order valence-corrected chi connectivity index (χ3v) is 4.74. The van der Waals surface area contributed by atoms with Crippen LogP contribution in [0.15, 0.2) is 3.79 Å². The van der Waals surface area contributed by atoms with Gasteiger partial charge in [-0.05, 0) is 15.9 Å². The number of anilines is 1. The van der Waals surface area contributed by atoms with Gasteiger partial charge in [0.1, 0.15) is 20.9 Å². The highest BCUT2D eigenvalue weighted by Gasteiger charge is 2.46. The number of carbonyl (C=O) groups excluding carboxylic acids is 1. The van der Waals surface area contributed by atoms with Crippen LogP contribution < -0.4 is 15.0 Å². The Labute approximate surface area is 119 Å². The Hall–Kier alpha value is -0.930. The minimum atomic E-state index is -3.32. The van der Waals surface area contributed by atoms with E-state index in [4.69, 9.17) is 5.11 Å². The minimum absolute atomic E-state index is 0.00927. The van der Waals surface area contributed by atoms with E-state index in [9.17, 15) is 13.6 Å². The maximum atomic E-state index is 13.5. The van der Waals surface area contributed by atoms with Crippen molar-refractivity contribution in [3.05, 3.63) is 8.66 Å². The van der Waals surface area contributed by atoms with Crippen LogP contribution in [-0.2, 0) is 0 Å². The largest absolute Gasteiger partial charge is 0.427 e. The first-order valence-electron chi connectivity index (χ1n) is 5.47. The molecule has 1 amide bonds. The van der Waals surface area contributed by atoms with E-state index in [2.05, 4.69) is 26.0 Å². The highest BCUT2D eigenvalue weighted by atomic mass is 79.9. The number of aliphatic hydroxyl groups excluding tert-OH is 1. The first-order chi connectivity index (χ1) is 8.91. The fraction of sp³-hybridized carbons (Fsp3) is 0.500. The minimum Gasteiger partial charge on any atom is -0.427 e. The van der Waals surface area contributed by atoms with E-state index in [1.807, 2.05) is 0 Å². The van der Waals surface area contributed by atoms with E-state index in [-0.39, 0.29) is 24.8 Å². The Kier molecular flexibility index (Phi) is 2.95. The molecule has 1 unspecified atom stereocenters. The lowest BCUT2D eigenvalue weighted by Crippen LogP contribution is -2.49. The summed E-state index contributed by atoms with van der Waals surface area (Å²) in [5, 5.41) is 11.8. The van der Waals surface area contributed by atoms with Crippen molar-refractivity contribution in [2.24, 2.45) is 0 Å². The SMILES string of the molecule is O=C1NC(CO)CN2CC(F)(F)Oc3c(Br)sc1c32. The van der Waals surface area contributed by atoms with Gasteiger partial charge < -0.3 is 20.1 Å². The molecule has 0 saturated carbocycles. The zero-order chi connectivity index (χ0) is 13.8. The van der Waals surface area contributed by atoms with Crippen molar-refractivity contribution in [3.63, 3.8) is 0 Å². The fourth-order valence-electron chi connectivity index (χ4n) is 2.21. The van der Waals surface area contributed by atoms with Gasteiger partial charge in [0.25, 0.3) is 5.91 Å². The van der Waals surface area contributed by atoms with Gasteiger partial charge in [0.2, 0.25) is 0 Å². The number of carbonyl (C=O) groups is 1. The molecule has 1 aromatic heterocycles. The predicted octanol–water partition coefficient (Wildman–Crippen LogP) is 1.41. The summed E-state index contributed by atoms with van der Waals surface area (Å²) in [6.45, 7) is -0.827. The Balaban J connectivity index is 2.12. The van der Waals surface area contributed by atoms with E-state index in [1.165, 1.54) is 4.90 Å². The third kappa shape index (κ3) is 2.09. The van der Waals surface area contributed by atoms with Crippen molar-refractivity contribution in [1.29, 1.82) is 0 Å². The first-order valence-corrected chi connectivity index (χ1v) is 7.08. The summed E-state index contributed by atoms with van der Waals surface area (Å²) in [5.74, 6) is -0.396. The smallest absolute Gasteiger partial charge is 0.416 e. The molecule has 3 rings (SSSR count). The van der Waals surface area contributed by atoms with Gasteiger partial charge in [-0.3, -0.25) is 4.79 Å². The van der Waals surface area contributed by atoms with E-state index in [0.717, 1.165) is 11.3 Å². The summed E-state index contributed by atoms with van der Waals surface area (Å²) in [7, 11) is 0. The molecule has 0 saturated heterocycles. The predicted molar refractivity (Wildman–Crippen MR) is 68.1 cm³/mol. The molecule has 0 fully saturated rings. The van der Waals surface area contributed by atoms with Crippen molar-refractivity contribution in [2.45, 2.75) is 12.2 Å². The van der Waals surface area contributed by atoms with Gasteiger partial charge in [0, 0.05) is 6.54 Å². The Bertz CT molecular complexity index is 551. The van der Waals surface area contributed by atoms with Crippen LogP contribution in [0.5, 0.6) is 5.75 Å². The molecule has 104 valence electrons. The monoisotopic (exact) mass is 354 g/mol. The van der Waals surface area contributed by atoms with E-state index < -0.39 is 18.7 Å². The maximum absolute atomic E-state index is 13.5. The number of hydrogen-bond acceptors (Lipinski definition) is 5. The average Bonchev–Trinajstić information content (AvgIpc) is 2.57. The zero-order valence-corrected chi connectivity index (χ0v) is 11.9. The van der Waals surface area contributed by atoms with Crippen molar-refractivity contribution >= 4 is 38.9 Å². The molecule has 5 nitrogen and oxygen atoms in total. The lowest BCUT2D eigenvalue weighted by molar-refractivity contribution is -0.172. The molecule has 19 heavy (non-hydrogen) atoms. The number of hydrogen-bond donors (Lipinski definition) is 2. The quantitative estimate of drug-likeness (QED) is 0.800. The zero-order valence-electron chi connectivity index (χ0n) is 9.45. The number of halogens is 3. The Morgan fingerprint density at radius 2 is 2.37 bits per heavy atom. The summed E-state index contributed by atoms with van der Waals surface area (Å²) >= 11 is 4.18. The number of nitrogens with zero attached hydrogens (tertiary/aromatic N) is 1. The van der Waals surface area contributed by atoms with Crippen molar-refractivity contribution < 1.29 is 23.4 Å². The van der Waals surface area contributed by atoms with Crippen molar-refractivity contribution in [2.75, 3.05) is 24.6 Å². The number of ether oxygens (including phenoxy) is 1. The number of nitrogens with one attached hydrogen (secondary N) is 1. The average molecular weight is 355 g/mol. The molecule has 2 aliphatic heterocycles. The van der Waals surface area contributed by atoms with Gasteiger partial charge in [0.15, 0.2) is 5.75 Å². The molecule has 3 heterocycles. The number of rotatable bonds is 1. The van der Waals surface area contributed by atoms with Crippen molar-refractivity contribution in [3.8, 4) is 5.75 Å². The molecule has 0 bridgehead atoms. The fourth-order valence-corrected chi connectivity index (χ4v) is 3.85. The van der Waals surface area contributed by atoms with Gasteiger partial charge >= 0.3 is 6.11 Å². The molecular weight excluding hydrogens is 346 g/mol. The van der Waals surface area contributed by atoms with Gasteiger partial charge in [0.05, 0.1) is 12.6 Å². The molecule has 0 radical (unpaired) electrons. The standard InChI is InChI=1S/C10H9BrF2N2O3S/c11-8-6-5-7(19-8)9(17)14-4(2-16)1-15(5)3-10(12,13)18-6/h4,16H,1-3H2,(H,14,17). The second kappa shape index (κ2) is 4.29. The number of aliphatic hydroxyl groups is 1. The summed E-state index contributed by atoms with van der Waals surface area (Å²) in [4.78, 5) is 13.7. The van der Waals surface area contributed by atoms with Crippen molar-refractivity contribution in [1.82, 2.24) is 5.32 Å². The van der Waals surface area contributed by atoms with E-state index >= 15 is 0 Å². The van der Waals surface area contributed by atoms with E-state index in [0.29, 0.717) is 14.4 Å². The van der Waals surface area contributed by atoms with E-state index in [1.54, 1.807) is 0 Å². The molecular formula is C10H9BrF2N2O3S. The van der Waals surface area contributed by atoms with Crippen LogP contribution in [0.2, 0.25) is 0 Å². The van der Waals surface area contributed by atoms with Gasteiger partial charge in [-0.25, -0.2) is 0 Å². The lowest BCUT2D eigenvalue weighted by atomic mass is 10.2. The van der Waals surface area contributed by atoms with Crippen LogP contribution in [0, 0.1) is 0 Å². The molecule has 1 aromatic rings. The van der Waals surface area contributed by atoms with Gasteiger partial charge in [-0.1, -0.05) is 0 Å². The number of alkyl halides is 2. The highest BCUT2D eigenvalue weighted by molar-refractivity contribution is 9.11. The molecule has 2 aliphatic rings. The summed E-state index contributed by atoms with van der Waals surface area (Å²) < 4.78 is 32.1. The normalized spacial score (nSPS) is 24.3. The molecule has 2 N–H and O–H groups in total. The number of thiophene rings is 1. The highest BCUT2D eigenvalue weighted by Crippen LogP contribution is 2.51. The number of amides is 1. The Morgan fingerprint density at radius 1 is 1.63 bits per heavy atom. The molecule has 0 aromatic carbocycles. The van der Waals surface area contributed by atoms with Gasteiger partial charge in [-0.2, -0.15) is 8.78 Å². The van der Waals surface area contributed by atoms with Crippen LogP contribution in [0.25, 0.3) is 0 Å². The second-order valence-electron chi connectivity index (χ2n) is 4.36. The molecule has 0 spiro atoms. The first kappa shape index (κ1) is 13.1. The van der Waals surface area contributed by atoms with Crippen LogP contribution in [0.1, 0.15) is 9.67 Å². The molecule has 9 heteroatoms. The van der Waals surface area contributed by atoms with Crippen LogP contribution in [-0.4, -0.2) is 42.9 Å². The molecule has 0 aliphatic carbocycles. The Morgan fingerprint density at radius 3 is 3.05 bits per heavy atom. The third-order valence-electron chi connectivity index (χ3n) is 2.95. The molecule has 1 atom stereocenters. The van der Waals surface area contributed by atoms with Crippen LogP contribution >= 0.6 is 27.3 Å². The topological polar surface area (TPSA) is 61.8 Å². The van der Waals surface area contributed by atoms with Crippen LogP contribution in [0.3, 0.4) is 0 Å². The maximum Gasteiger partial charge on any atom is 0.416 e. The lowest BCUT2D eigenvalue weighted by Gasteiger charge is -2.34. The van der Waals surface area contributed by atoms with Gasteiger partial charge in [-0.15, -0.1) is 11.3 Å². The van der Waals surface area contributed by atoms with Crippen LogP contribution in [0.4, 0.5) is 14.5 Å². The summed E-state index contributed by atoms with van der Waals surface area (Å²) in [5.41, 5.74) is 0.372. The summed E-state index contributed by atoms with van der Waals surface area (Å²) in [6.07, 6.45) is -3.32. The summed E-state index contributed by atoms with van der Waals surface area (Å²) in [6, 6.07) is -0.576.